The van der Waals surface area contributed by atoms with E-state index in [4.69, 9.17) is 74.4 Å². The Morgan fingerprint density at radius 2 is 1.38 bits per heavy atom. The molecular weight excluding hydrogens is 407 g/mol. The number of fused-ring (bicyclic) bond motifs is 5. The number of amides is 2. The monoisotopic (exact) mass is 411 g/mol. The van der Waals surface area contributed by atoms with E-state index in [1.807, 2.05) is 0 Å². The summed E-state index contributed by atoms with van der Waals surface area (Å²) in [6, 6.07) is 0. The van der Waals surface area contributed by atoms with Crippen LogP contribution in [0.3, 0.4) is 0 Å². The molecular formula is C11H7Cl6NO3. The zero-order chi connectivity index (χ0) is 16.0. The van der Waals surface area contributed by atoms with Gasteiger partial charge in [0, 0.05) is 0 Å². The number of carbonyl (C=O) groups excluding carboxylic acids is 2. The molecule has 116 valence electrons. The van der Waals surface area contributed by atoms with Gasteiger partial charge < -0.3 is 0 Å². The minimum atomic E-state index is -1.91. The van der Waals surface area contributed by atoms with E-state index in [-0.39, 0.29) is 16.7 Å². The Balaban J connectivity index is 2.23. The molecule has 1 saturated carbocycles. The molecule has 1 heterocycles. The van der Waals surface area contributed by atoms with E-state index >= 15 is 0 Å². The standard InChI is InChI=1S/C11H7Cl6NO3/c1-2-21-18-7(19)3-4(8(18)20)10(15)6(13)5(12)9(3,14)11(10,16)17/h3-4H,2H2,1H3/t3-,4+,9-,10-/m1/s1. The molecule has 0 unspecified atom stereocenters. The van der Waals surface area contributed by atoms with Crippen LogP contribution in [0.2, 0.25) is 0 Å². The smallest absolute Gasteiger partial charge is 0.259 e. The fraction of sp³-hybridized carbons (Fsp3) is 0.636. The lowest BCUT2D eigenvalue weighted by Crippen LogP contribution is -2.50. The first-order valence-electron chi connectivity index (χ1n) is 5.91. The lowest BCUT2D eigenvalue weighted by atomic mass is 9.84. The molecule has 0 spiro atoms. The van der Waals surface area contributed by atoms with Crippen molar-refractivity contribution in [2.45, 2.75) is 21.0 Å². The van der Waals surface area contributed by atoms with Gasteiger partial charge in [-0.05, 0) is 6.92 Å². The van der Waals surface area contributed by atoms with E-state index in [0.717, 1.165) is 0 Å². The van der Waals surface area contributed by atoms with Gasteiger partial charge in [0.25, 0.3) is 11.8 Å². The van der Waals surface area contributed by atoms with Gasteiger partial charge in [0.1, 0.15) is 9.75 Å². The van der Waals surface area contributed by atoms with Crippen LogP contribution in [-0.2, 0) is 14.4 Å². The van der Waals surface area contributed by atoms with E-state index in [0.29, 0.717) is 5.06 Å². The van der Waals surface area contributed by atoms with Gasteiger partial charge in [0.15, 0.2) is 4.33 Å². The van der Waals surface area contributed by atoms with Gasteiger partial charge >= 0.3 is 0 Å². The Morgan fingerprint density at radius 3 is 1.71 bits per heavy atom. The van der Waals surface area contributed by atoms with Crippen molar-refractivity contribution in [1.29, 1.82) is 0 Å². The van der Waals surface area contributed by atoms with E-state index in [1.54, 1.807) is 6.92 Å². The van der Waals surface area contributed by atoms with Crippen molar-refractivity contribution < 1.29 is 14.4 Å². The number of hydrogen-bond acceptors (Lipinski definition) is 3. The van der Waals surface area contributed by atoms with Crippen molar-refractivity contribution in [3.63, 3.8) is 0 Å². The number of alkyl halides is 4. The Labute approximate surface area is 150 Å². The fourth-order valence-corrected chi connectivity index (χ4v) is 6.15. The summed E-state index contributed by atoms with van der Waals surface area (Å²) in [5, 5.41) is 0.393. The van der Waals surface area contributed by atoms with Crippen LogP contribution in [-0.4, -0.2) is 37.6 Å². The maximum atomic E-state index is 12.5. The summed E-state index contributed by atoms with van der Waals surface area (Å²) in [7, 11) is 0. The van der Waals surface area contributed by atoms with E-state index in [2.05, 4.69) is 0 Å². The molecule has 2 aliphatic carbocycles. The molecule has 2 fully saturated rings. The van der Waals surface area contributed by atoms with Crippen LogP contribution in [0.4, 0.5) is 0 Å². The molecule has 10 heteroatoms. The molecule has 0 N–H and O–H groups in total. The second-order valence-electron chi connectivity index (χ2n) is 4.97. The average Bonchev–Trinajstić information content (AvgIpc) is 2.78. The van der Waals surface area contributed by atoms with Crippen LogP contribution in [0, 0.1) is 11.8 Å². The van der Waals surface area contributed by atoms with Crippen LogP contribution in [0.25, 0.3) is 0 Å². The van der Waals surface area contributed by atoms with Gasteiger partial charge in [-0.2, -0.15) is 5.06 Å². The maximum absolute atomic E-state index is 12.5. The van der Waals surface area contributed by atoms with Crippen LogP contribution < -0.4 is 0 Å². The molecule has 0 radical (unpaired) electrons. The number of nitrogens with zero attached hydrogens (tertiary/aromatic N) is 1. The molecule has 3 aliphatic rings. The zero-order valence-corrected chi connectivity index (χ0v) is 14.8. The van der Waals surface area contributed by atoms with Gasteiger partial charge in [-0.25, -0.2) is 0 Å². The zero-order valence-electron chi connectivity index (χ0n) is 10.3. The number of allylic oxidation sites excluding steroid dienone is 2. The Hall–Kier alpha value is 0.580. The van der Waals surface area contributed by atoms with Gasteiger partial charge in [-0.15, -0.1) is 23.2 Å². The van der Waals surface area contributed by atoms with Gasteiger partial charge in [0.2, 0.25) is 0 Å². The molecule has 21 heavy (non-hydrogen) atoms. The number of halogens is 6. The number of hydroxylamine groups is 2. The predicted molar refractivity (Wildman–Crippen MR) is 80.8 cm³/mol. The summed E-state index contributed by atoms with van der Waals surface area (Å²) in [5.41, 5.74) is 0. The quantitative estimate of drug-likeness (QED) is 0.515. The summed E-state index contributed by atoms with van der Waals surface area (Å²) in [6.07, 6.45) is 0. The molecule has 1 aliphatic heterocycles. The summed E-state index contributed by atoms with van der Waals surface area (Å²) >= 11 is 37.8. The third-order valence-electron chi connectivity index (χ3n) is 4.13. The first-order chi connectivity index (χ1) is 9.58. The van der Waals surface area contributed by atoms with Gasteiger partial charge in [-0.3, -0.25) is 14.4 Å². The van der Waals surface area contributed by atoms with Crippen LogP contribution in [0.5, 0.6) is 0 Å². The molecule has 0 aromatic heterocycles. The van der Waals surface area contributed by atoms with Crippen molar-refractivity contribution in [3.8, 4) is 0 Å². The van der Waals surface area contributed by atoms with Crippen LogP contribution in [0.1, 0.15) is 6.92 Å². The highest BCUT2D eigenvalue weighted by atomic mass is 35.5. The summed E-state index contributed by atoms with van der Waals surface area (Å²) < 4.78 is -1.91. The van der Waals surface area contributed by atoms with Gasteiger partial charge in [-0.1, -0.05) is 46.4 Å². The molecule has 2 amide bonds. The number of carbonyl (C=O) groups is 2. The van der Waals surface area contributed by atoms with Crippen molar-refractivity contribution in [2.24, 2.45) is 11.8 Å². The SMILES string of the molecule is CCON1C(=O)[C@@H]2[C@H](C1=O)[C@@]1(Cl)C(Cl)=C(Cl)[C@@]2(Cl)C1(Cl)Cl. The highest BCUT2D eigenvalue weighted by molar-refractivity contribution is 6.66. The highest BCUT2D eigenvalue weighted by Gasteiger charge is 2.87. The second-order valence-corrected chi connectivity index (χ2v) is 8.25. The van der Waals surface area contributed by atoms with E-state index in [1.165, 1.54) is 0 Å². The Bertz CT molecular complexity index is 561. The van der Waals surface area contributed by atoms with E-state index < -0.39 is 37.7 Å². The molecule has 4 atom stereocenters. The van der Waals surface area contributed by atoms with Crippen molar-refractivity contribution in [2.75, 3.05) is 6.61 Å². The third-order valence-corrected chi connectivity index (χ3v) is 8.39. The molecule has 0 aromatic rings. The lowest BCUT2D eigenvalue weighted by Gasteiger charge is -2.34. The maximum Gasteiger partial charge on any atom is 0.259 e. The largest absolute Gasteiger partial charge is 0.272 e. The van der Waals surface area contributed by atoms with Crippen molar-refractivity contribution in [3.05, 3.63) is 10.1 Å². The predicted octanol–water partition coefficient (Wildman–Crippen LogP) is 3.38. The summed E-state index contributed by atoms with van der Waals surface area (Å²) in [6.45, 7) is 1.74. The second kappa shape index (κ2) is 4.56. The van der Waals surface area contributed by atoms with Crippen LogP contribution in [0.15, 0.2) is 10.1 Å². The minimum Gasteiger partial charge on any atom is -0.272 e. The van der Waals surface area contributed by atoms with E-state index in [9.17, 15) is 9.59 Å². The molecule has 2 bridgehead atoms. The Morgan fingerprint density at radius 1 is 1.00 bits per heavy atom. The van der Waals surface area contributed by atoms with Crippen molar-refractivity contribution in [1.82, 2.24) is 5.06 Å². The van der Waals surface area contributed by atoms with Crippen LogP contribution >= 0.6 is 69.6 Å². The average molecular weight is 414 g/mol. The summed E-state index contributed by atoms with van der Waals surface area (Å²) in [4.78, 5) is 26.4. The Kier molecular flexibility index (Phi) is 3.57. The summed E-state index contributed by atoms with van der Waals surface area (Å²) in [5.74, 6) is -3.64. The first kappa shape index (κ1) is 16.4. The third kappa shape index (κ3) is 1.47. The topological polar surface area (TPSA) is 46.6 Å². The molecule has 1 saturated heterocycles. The number of imide groups is 1. The molecule has 4 nitrogen and oxygen atoms in total. The molecule has 3 rings (SSSR count). The highest BCUT2D eigenvalue weighted by Crippen LogP contribution is 2.77. The van der Waals surface area contributed by atoms with Crippen molar-refractivity contribution >= 4 is 81.4 Å². The molecule has 0 aromatic carbocycles. The fourth-order valence-electron chi connectivity index (χ4n) is 3.23. The number of rotatable bonds is 2. The van der Waals surface area contributed by atoms with Gasteiger partial charge in [0.05, 0.1) is 28.5 Å². The number of hydrogen-bond donors (Lipinski definition) is 0. The minimum absolute atomic E-state index is 0.114. The first-order valence-corrected chi connectivity index (χ1v) is 8.17. The normalized spacial score (nSPS) is 44.0. The lowest BCUT2D eigenvalue weighted by molar-refractivity contribution is -0.188.